The molecule has 4 aromatic rings. The van der Waals surface area contributed by atoms with Crippen molar-refractivity contribution in [3.63, 3.8) is 0 Å². The van der Waals surface area contributed by atoms with E-state index in [1.165, 1.54) is 28.9 Å². The molecule has 0 unspecified atom stereocenters. The number of halogens is 3. The van der Waals surface area contributed by atoms with E-state index in [1.54, 1.807) is 19.9 Å². The molecule has 0 aliphatic carbocycles. The van der Waals surface area contributed by atoms with Crippen LogP contribution in [-0.2, 0) is 25.5 Å². The lowest BCUT2D eigenvalue weighted by Crippen LogP contribution is -2.42. The normalized spacial score (nSPS) is 15.2. The molecule has 3 heterocycles. The molecule has 0 radical (unpaired) electrons. The lowest BCUT2D eigenvalue weighted by molar-refractivity contribution is 0.218. The van der Waals surface area contributed by atoms with Crippen molar-refractivity contribution in [2.24, 2.45) is 0 Å². The van der Waals surface area contributed by atoms with Gasteiger partial charge in [-0.1, -0.05) is 26.0 Å². The van der Waals surface area contributed by atoms with Crippen LogP contribution in [0.2, 0.25) is 0 Å². The van der Waals surface area contributed by atoms with Gasteiger partial charge in [0.1, 0.15) is 16.6 Å². The Morgan fingerprint density at radius 1 is 1.00 bits per heavy atom. The lowest BCUT2D eigenvalue weighted by Gasteiger charge is -2.30. The third-order valence-corrected chi connectivity index (χ3v) is 11.6. The van der Waals surface area contributed by atoms with Crippen molar-refractivity contribution in [3.05, 3.63) is 71.1 Å². The Balaban J connectivity index is 1.51. The summed E-state index contributed by atoms with van der Waals surface area (Å²) in [5.74, 6) is -3.47. The monoisotopic (exact) mass is 696 g/mol. The van der Waals surface area contributed by atoms with Gasteiger partial charge in [-0.15, -0.1) is 11.3 Å². The highest BCUT2D eigenvalue weighted by atomic mass is 32.2. The van der Waals surface area contributed by atoms with E-state index in [9.17, 15) is 30.7 Å². The van der Waals surface area contributed by atoms with E-state index in [0.29, 0.717) is 41.5 Å². The van der Waals surface area contributed by atoms with Crippen LogP contribution in [0.25, 0.3) is 21.8 Å². The van der Waals surface area contributed by atoms with Crippen LogP contribution in [0.3, 0.4) is 0 Å². The number of hydrogen-bond acceptors (Lipinski definition) is 10. The van der Waals surface area contributed by atoms with Gasteiger partial charge >= 0.3 is 0 Å². The SMILES string of the molecule is CC(C)(CO)c1nc(-c2cccc(NS(=O)(=O)c3c(F)cccc3F)c2F)c(-c2ccnc(NC3CCN(S(C)(=O)=O)CC3)n2)s1. The fourth-order valence-corrected chi connectivity index (χ4v) is 8.05. The molecule has 1 fully saturated rings. The Labute approximate surface area is 268 Å². The quantitative estimate of drug-likeness (QED) is 0.216. The number of hydrogen-bond donors (Lipinski definition) is 3. The maximum Gasteiger partial charge on any atom is 0.267 e. The fourth-order valence-electron chi connectivity index (χ4n) is 4.83. The largest absolute Gasteiger partial charge is 0.395 e. The molecule has 1 saturated heterocycles. The van der Waals surface area contributed by atoms with E-state index in [2.05, 4.69) is 20.3 Å². The van der Waals surface area contributed by atoms with Crippen molar-refractivity contribution >= 4 is 43.0 Å². The number of rotatable bonds is 10. The molecule has 0 atom stereocenters. The maximum atomic E-state index is 16.1. The fraction of sp³-hybridized carbons (Fsp3) is 0.345. The number of aliphatic hydroxyl groups excluding tert-OH is 1. The van der Waals surface area contributed by atoms with Crippen LogP contribution in [0.15, 0.2) is 53.6 Å². The van der Waals surface area contributed by atoms with Gasteiger partial charge in [0, 0.05) is 36.3 Å². The van der Waals surface area contributed by atoms with Gasteiger partial charge in [-0.25, -0.2) is 49.3 Å². The molecule has 2 aromatic carbocycles. The zero-order valence-corrected chi connectivity index (χ0v) is 27.4. The Bertz CT molecular complexity index is 1960. The highest BCUT2D eigenvalue weighted by Crippen LogP contribution is 2.42. The second-order valence-electron chi connectivity index (χ2n) is 11.4. The zero-order chi connectivity index (χ0) is 33.4. The number of nitrogens with zero attached hydrogens (tertiary/aromatic N) is 4. The van der Waals surface area contributed by atoms with Crippen molar-refractivity contribution in [1.29, 1.82) is 0 Å². The lowest BCUT2D eigenvalue weighted by atomic mass is 9.96. The summed E-state index contributed by atoms with van der Waals surface area (Å²) < 4.78 is 97.6. The first kappa shape index (κ1) is 33.7. The number of thiazole rings is 1. The van der Waals surface area contributed by atoms with Gasteiger partial charge in [0.05, 0.1) is 34.8 Å². The van der Waals surface area contributed by atoms with Crippen LogP contribution in [0.1, 0.15) is 31.7 Å². The predicted octanol–water partition coefficient (Wildman–Crippen LogP) is 4.59. The van der Waals surface area contributed by atoms with Gasteiger partial charge in [-0.3, -0.25) is 4.72 Å². The Morgan fingerprint density at radius 2 is 1.65 bits per heavy atom. The Hall–Kier alpha value is -3.64. The highest BCUT2D eigenvalue weighted by Gasteiger charge is 2.31. The van der Waals surface area contributed by atoms with E-state index in [-0.39, 0.29) is 29.9 Å². The number of benzene rings is 2. The third kappa shape index (κ3) is 7.02. The molecule has 0 bridgehead atoms. The van der Waals surface area contributed by atoms with Crippen molar-refractivity contribution in [1.82, 2.24) is 19.3 Å². The molecule has 11 nitrogen and oxygen atoms in total. The first-order valence-electron chi connectivity index (χ1n) is 14.0. The van der Waals surface area contributed by atoms with Crippen molar-refractivity contribution in [3.8, 4) is 21.8 Å². The molecule has 1 aliphatic rings. The minimum Gasteiger partial charge on any atom is -0.395 e. The van der Waals surface area contributed by atoms with E-state index >= 15 is 4.39 Å². The molecule has 0 spiro atoms. The van der Waals surface area contributed by atoms with Gasteiger partial charge in [-0.2, -0.15) is 0 Å². The zero-order valence-electron chi connectivity index (χ0n) is 25.0. The Morgan fingerprint density at radius 3 is 2.28 bits per heavy atom. The van der Waals surface area contributed by atoms with Gasteiger partial charge in [0.25, 0.3) is 10.0 Å². The molecule has 3 N–H and O–H groups in total. The number of sulfonamides is 2. The summed E-state index contributed by atoms with van der Waals surface area (Å²) in [5.41, 5.74) is -1.06. The second-order valence-corrected chi connectivity index (χ2v) is 16.0. The van der Waals surface area contributed by atoms with Crippen LogP contribution in [0, 0.1) is 17.5 Å². The summed E-state index contributed by atoms with van der Waals surface area (Å²) in [5, 5.41) is 13.7. The number of anilines is 2. The van der Waals surface area contributed by atoms with Crippen LogP contribution < -0.4 is 10.0 Å². The number of nitrogens with one attached hydrogen (secondary N) is 2. The van der Waals surface area contributed by atoms with E-state index in [0.717, 1.165) is 35.6 Å². The van der Waals surface area contributed by atoms with Gasteiger partial charge in [0.2, 0.25) is 16.0 Å². The van der Waals surface area contributed by atoms with E-state index < -0.39 is 53.5 Å². The number of piperidine rings is 1. The summed E-state index contributed by atoms with van der Waals surface area (Å²) in [4.78, 5) is 12.7. The van der Waals surface area contributed by atoms with Crippen molar-refractivity contribution in [2.75, 3.05) is 36.0 Å². The minimum atomic E-state index is -4.87. The van der Waals surface area contributed by atoms with Gasteiger partial charge in [0.15, 0.2) is 10.7 Å². The highest BCUT2D eigenvalue weighted by molar-refractivity contribution is 7.92. The van der Waals surface area contributed by atoms with E-state index in [1.807, 2.05) is 4.72 Å². The van der Waals surface area contributed by atoms with Gasteiger partial charge < -0.3 is 10.4 Å². The molecule has 0 saturated carbocycles. The van der Waals surface area contributed by atoms with Crippen LogP contribution in [0.4, 0.5) is 24.8 Å². The first-order chi connectivity index (χ1) is 21.6. The molecule has 246 valence electrons. The summed E-state index contributed by atoms with van der Waals surface area (Å²) in [7, 11) is -8.16. The molecule has 0 amide bonds. The standard InChI is InChI=1S/C29H31F3N6O5S3/c1-29(2,16-39)27-36-24(18-6-4-9-21(23(18)32)37-46(42,43)26-19(30)7-5-8-20(26)31)25(44-27)22-10-13-33-28(35-22)34-17-11-14-38(15-12-17)45(3,40)41/h4-10,13,17,37,39H,11-12,14-16H2,1-3H3,(H,33,34,35). The Kier molecular flexibility index (Phi) is 9.43. The molecule has 5 rings (SSSR count). The van der Waals surface area contributed by atoms with Crippen molar-refractivity contribution in [2.45, 2.75) is 43.0 Å². The van der Waals surface area contributed by atoms with E-state index in [4.69, 9.17) is 0 Å². The van der Waals surface area contributed by atoms with Gasteiger partial charge in [-0.05, 0) is 43.2 Å². The topological polar surface area (TPSA) is 154 Å². The summed E-state index contributed by atoms with van der Waals surface area (Å²) >= 11 is 1.16. The summed E-state index contributed by atoms with van der Waals surface area (Å²) in [6.07, 6.45) is 3.74. The van der Waals surface area contributed by atoms with Crippen molar-refractivity contribution < 1.29 is 35.1 Å². The van der Waals surface area contributed by atoms with Crippen LogP contribution >= 0.6 is 11.3 Å². The molecule has 1 aliphatic heterocycles. The molecular weight excluding hydrogens is 666 g/mol. The maximum absolute atomic E-state index is 16.1. The molecule has 46 heavy (non-hydrogen) atoms. The first-order valence-corrected chi connectivity index (χ1v) is 18.2. The number of aliphatic hydroxyl groups is 1. The van der Waals surface area contributed by atoms with Crippen LogP contribution in [-0.4, -0.2) is 73.2 Å². The average Bonchev–Trinajstić information content (AvgIpc) is 3.44. The summed E-state index contributed by atoms with van der Waals surface area (Å²) in [6.45, 7) is 3.91. The molecule has 17 heteroatoms. The second kappa shape index (κ2) is 12.9. The third-order valence-electron chi connectivity index (χ3n) is 7.43. The average molecular weight is 697 g/mol. The smallest absolute Gasteiger partial charge is 0.267 e. The van der Waals surface area contributed by atoms with Crippen LogP contribution in [0.5, 0.6) is 0 Å². The minimum absolute atomic E-state index is 0.0977. The summed E-state index contributed by atoms with van der Waals surface area (Å²) in [6, 6.07) is 7.91. The number of aromatic nitrogens is 3. The molecule has 2 aromatic heterocycles. The predicted molar refractivity (Wildman–Crippen MR) is 169 cm³/mol. The molecular formula is C29H31F3N6O5S3.